The van der Waals surface area contributed by atoms with Crippen LogP contribution in [0.15, 0.2) is 12.7 Å². The number of rotatable bonds is 4. The standard InChI is InChI=1S/C12H23NS/c1-5-6-10(2)13-11-7-12(3,4)9-14-8-11/h5,10-11,13H,1,6-9H2,2-4H3. The van der Waals surface area contributed by atoms with Crippen LogP contribution >= 0.6 is 11.8 Å². The van der Waals surface area contributed by atoms with Gasteiger partial charge in [-0.15, -0.1) is 6.58 Å². The second-order valence-electron chi connectivity index (χ2n) is 5.17. The van der Waals surface area contributed by atoms with Crippen LogP contribution in [0.2, 0.25) is 0 Å². The molecule has 0 bridgehead atoms. The van der Waals surface area contributed by atoms with Gasteiger partial charge in [-0.05, 0) is 30.9 Å². The van der Waals surface area contributed by atoms with Gasteiger partial charge in [-0.3, -0.25) is 0 Å². The van der Waals surface area contributed by atoms with E-state index < -0.39 is 0 Å². The Hall–Kier alpha value is 0.0500. The molecule has 2 heteroatoms. The van der Waals surface area contributed by atoms with Gasteiger partial charge in [0.1, 0.15) is 0 Å². The summed E-state index contributed by atoms with van der Waals surface area (Å²) in [6, 6.07) is 1.27. The quantitative estimate of drug-likeness (QED) is 0.720. The SMILES string of the molecule is C=CCC(C)NC1CSCC(C)(C)C1. The van der Waals surface area contributed by atoms with Crippen LogP contribution in [0.4, 0.5) is 0 Å². The summed E-state index contributed by atoms with van der Waals surface area (Å²) >= 11 is 2.08. The second-order valence-corrected chi connectivity index (χ2v) is 6.20. The van der Waals surface area contributed by atoms with Gasteiger partial charge in [0.2, 0.25) is 0 Å². The van der Waals surface area contributed by atoms with Gasteiger partial charge in [-0.1, -0.05) is 19.9 Å². The second kappa shape index (κ2) is 5.22. The van der Waals surface area contributed by atoms with E-state index in [2.05, 4.69) is 44.4 Å². The Labute approximate surface area is 92.7 Å². The van der Waals surface area contributed by atoms with Crippen LogP contribution in [-0.4, -0.2) is 23.6 Å². The van der Waals surface area contributed by atoms with E-state index in [1.54, 1.807) is 0 Å². The molecule has 0 aromatic carbocycles. The first kappa shape index (κ1) is 12.1. The lowest BCUT2D eigenvalue weighted by atomic mass is 9.87. The van der Waals surface area contributed by atoms with E-state index in [-0.39, 0.29) is 0 Å². The Morgan fingerprint density at radius 3 is 2.93 bits per heavy atom. The van der Waals surface area contributed by atoms with Crippen molar-refractivity contribution in [1.29, 1.82) is 0 Å². The van der Waals surface area contributed by atoms with Gasteiger partial charge in [-0.2, -0.15) is 11.8 Å². The molecule has 2 atom stereocenters. The van der Waals surface area contributed by atoms with Crippen LogP contribution in [0.5, 0.6) is 0 Å². The van der Waals surface area contributed by atoms with E-state index in [1.165, 1.54) is 17.9 Å². The molecule has 1 nitrogen and oxygen atoms in total. The van der Waals surface area contributed by atoms with Crippen LogP contribution in [0.1, 0.15) is 33.6 Å². The average Bonchev–Trinajstić information content (AvgIpc) is 2.02. The summed E-state index contributed by atoms with van der Waals surface area (Å²) in [6.07, 6.45) is 4.38. The summed E-state index contributed by atoms with van der Waals surface area (Å²) in [5.41, 5.74) is 0.508. The molecule has 1 N–H and O–H groups in total. The highest BCUT2D eigenvalue weighted by Gasteiger charge is 2.28. The van der Waals surface area contributed by atoms with Crippen molar-refractivity contribution in [2.45, 2.75) is 45.7 Å². The van der Waals surface area contributed by atoms with Crippen molar-refractivity contribution in [2.75, 3.05) is 11.5 Å². The lowest BCUT2D eigenvalue weighted by Crippen LogP contribution is -2.44. The Balaban J connectivity index is 2.34. The van der Waals surface area contributed by atoms with Crippen molar-refractivity contribution in [3.63, 3.8) is 0 Å². The third-order valence-electron chi connectivity index (χ3n) is 2.65. The minimum Gasteiger partial charge on any atom is -0.310 e. The molecule has 0 aromatic heterocycles. The molecule has 1 fully saturated rings. The van der Waals surface area contributed by atoms with Gasteiger partial charge >= 0.3 is 0 Å². The molecule has 1 saturated heterocycles. The molecule has 0 radical (unpaired) electrons. The van der Waals surface area contributed by atoms with E-state index >= 15 is 0 Å². The first-order chi connectivity index (χ1) is 6.53. The Kier molecular flexibility index (Phi) is 4.52. The fourth-order valence-corrected chi connectivity index (χ4v) is 3.38. The zero-order valence-corrected chi connectivity index (χ0v) is 10.5. The summed E-state index contributed by atoms with van der Waals surface area (Å²) in [4.78, 5) is 0. The number of hydrogen-bond donors (Lipinski definition) is 1. The van der Waals surface area contributed by atoms with E-state index in [0.717, 1.165) is 6.42 Å². The minimum atomic E-state index is 0.508. The van der Waals surface area contributed by atoms with Crippen molar-refractivity contribution < 1.29 is 0 Å². The van der Waals surface area contributed by atoms with Gasteiger partial charge in [-0.25, -0.2) is 0 Å². The first-order valence-electron chi connectivity index (χ1n) is 5.48. The Bertz CT molecular complexity index is 189. The third-order valence-corrected chi connectivity index (χ3v) is 4.27. The topological polar surface area (TPSA) is 12.0 Å². The zero-order valence-electron chi connectivity index (χ0n) is 9.68. The van der Waals surface area contributed by atoms with Crippen LogP contribution in [0, 0.1) is 5.41 Å². The molecule has 1 aliphatic rings. The number of nitrogens with one attached hydrogen (secondary N) is 1. The van der Waals surface area contributed by atoms with Gasteiger partial charge in [0.05, 0.1) is 0 Å². The van der Waals surface area contributed by atoms with Gasteiger partial charge in [0, 0.05) is 17.8 Å². The predicted molar refractivity (Wildman–Crippen MR) is 66.9 cm³/mol. The van der Waals surface area contributed by atoms with Crippen molar-refractivity contribution in [1.82, 2.24) is 5.32 Å². The van der Waals surface area contributed by atoms with Crippen molar-refractivity contribution in [3.8, 4) is 0 Å². The fraction of sp³-hybridized carbons (Fsp3) is 0.833. The maximum atomic E-state index is 3.78. The van der Waals surface area contributed by atoms with Crippen LogP contribution in [0.25, 0.3) is 0 Å². The monoisotopic (exact) mass is 213 g/mol. The smallest absolute Gasteiger partial charge is 0.0166 e. The number of thioether (sulfide) groups is 1. The molecule has 82 valence electrons. The van der Waals surface area contributed by atoms with Gasteiger partial charge in [0.25, 0.3) is 0 Å². The summed E-state index contributed by atoms with van der Waals surface area (Å²) in [7, 11) is 0. The van der Waals surface area contributed by atoms with Crippen LogP contribution < -0.4 is 5.32 Å². The molecule has 1 heterocycles. The lowest BCUT2D eigenvalue weighted by Gasteiger charge is -2.36. The predicted octanol–water partition coefficient (Wildman–Crippen LogP) is 3.07. The van der Waals surface area contributed by atoms with Crippen LogP contribution in [-0.2, 0) is 0 Å². The molecule has 0 aromatic rings. The highest BCUT2D eigenvalue weighted by Crippen LogP contribution is 2.33. The molecule has 14 heavy (non-hydrogen) atoms. The van der Waals surface area contributed by atoms with E-state index in [9.17, 15) is 0 Å². The highest BCUT2D eigenvalue weighted by atomic mass is 32.2. The minimum absolute atomic E-state index is 0.508. The molecule has 1 aliphatic heterocycles. The van der Waals surface area contributed by atoms with Crippen molar-refractivity contribution >= 4 is 11.8 Å². The lowest BCUT2D eigenvalue weighted by molar-refractivity contribution is 0.304. The molecule has 1 rings (SSSR count). The molecular weight excluding hydrogens is 190 g/mol. The fourth-order valence-electron chi connectivity index (χ4n) is 2.09. The maximum absolute atomic E-state index is 3.78. The molecular formula is C12H23NS. The van der Waals surface area contributed by atoms with Crippen molar-refractivity contribution in [3.05, 3.63) is 12.7 Å². The third kappa shape index (κ3) is 4.05. The molecule has 0 spiro atoms. The summed E-state index contributed by atoms with van der Waals surface area (Å²) < 4.78 is 0. The first-order valence-corrected chi connectivity index (χ1v) is 6.64. The summed E-state index contributed by atoms with van der Waals surface area (Å²) in [5, 5.41) is 3.68. The summed E-state index contributed by atoms with van der Waals surface area (Å²) in [5.74, 6) is 2.58. The van der Waals surface area contributed by atoms with E-state index in [0.29, 0.717) is 17.5 Å². The van der Waals surface area contributed by atoms with Crippen LogP contribution in [0.3, 0.4) is 0 Å². The van der Waals surface area contributed by atoms with Crippen molar-refractivity contribution in [2.24, 2.45) is 5.41 Å². The molecule has 0 aliphatic carbocycles. The molecule has 0 amide bonds. The zero-order chi connectivity index (χ0) is 10.6. The van der Waals surface area contributed by atoms with Gasteiger partial charge < -0.3 is 5.32 Å². The van der Waals surface area contributed by atoms with E-state index in [1.807, 2.05) is 6.08 Å². The maximum Gasteiger partial charge on any atom is 0.0166 e. The largest absolute Gasteiger partial charge is 0.310 e. The number of hydrogen-bond acceptors (Lipinski definition) is 2. The Morgan fingerprint density at radius 2 is 2.36 bits per heavy atom. The highest BCUT2D eigenvalue weighted by molar-refractivity contribution is 7.99. The van der Waals surface area contributed by atoms with E-state index in [4.69, 9.17) is 0 Å². The average molecular weight is 213 g/mol. The van der Waals surface area contributed by atoms with Gasteiger partial charge in [0.15, 0.2) is 0 Å². The molecule has 2 unspecified atom stereocenters. The summed E-state index contributed by atoms with van der Waals surface area (Å²) in [6.45, 7) is 10.8. The normalized spacial score (nSPS) is 28.4. The Morgan fingerprint density at radius 1 is 1.64 bits per heavy atom. The molecule has 0 saturated carbocycles.